The van der Waals surface area contributed by atoms with Gasteiger partial charge in [0.2, 0.25) is 11.8 Å². The van der Waals surface area contributed by atoms with Crippen LogP contribution in [0.5, 0.6) is 0 Å². The summed E-state index contributed by atoms with van der Waals surface area (Å²) in [6.07, 6.45) is 2.47. The Hall–Kier alpha value is -2.95. The molecule has 176 valence electrons. The average molecular weight is 448 g/mol. The molecule has 2 amide bonds. The first-order valence-electron chi connectivity index (χ1n) is 11.2. The van der Waals surface area contributed by atoms with Crippen LogP contribution in [0.3, 0.4) is 0 Å². The summed E-state index contributed by atoms with van der Waals surface area (Å²) >= 11 is 0. The molecule has 1 aliphatic heterocycles. The second-order valence-electron chi connectivity index (χ2n) is 8.14. The SMILES string of the molecule is CCN(CC)C(=O)CN1CCN(C(=O)CCCn2cnc3c2c(=O)n(C)c(=O)n3C)CC1. The molecule has 0 N–H and O–H groups in total. The number of fused-ring (bicyclic) bond motifs is 1. The largest absolute Gasteiger partial charge is 0.342 e. The Labute approximate surface area is 186 Å². The molecule has 0 saturated carbocycles. The number of likely N-dealkylation sites (N-methyl/N-ethyl adjacent to an activating group) is 1. The summed E-state index contributed by atoms with van der Waals surface area (Å²) in [7, 11) is 3.03. The van der Waals surface area contributed by atoms with Crippen molar-refractivity contribution in [3.8, 4) is 0 Å². The Morgan fingerprint density at radius 1 is 1.03 bits per heavy atom. The van der Waals surface area contributed by atoms with Gasteiger partial charge in [-0.1, -0.05) is 0 Å². The van der Waals surface area contributed by atoms with Crippen molar-refractivity contribution in [2.75, 3.05) is 45.8 Å². The molecular weight excluding hydrogens is 414 g/mol. The van der Waals surface area contributed by atoms with Gasteiger partial charge in [0.15, 0.2) is 11.2 Å². The van der Waals surface area contributed by atoms with E-state index >= 15 is 0 Å². The highest BCUT2D eigenvalue weighted by Crippen LogP contribution is 2.10. The molecule has 0 unspecified atom stereocenters. The summed E-state index contributed by atoms with van der Waals surface area (Å²) < 4.78 is 4.13. The number of rotatable bonds is 8. The van der Waals surface area contributed by atoms with Crippen molar-refractivity contribution in [3.05, 3.63) is 27.2 Å². The molecule has 11 nitrogen and oxygen atoms in total. The van der Waals surface area contributed by atoms with Crippen LogP contribution < -0.4 is 11.2 Å². The maximum absolute atomic E-state index is 12.6. The van der Waals surface area contributed by atoms with Crippen LogP contribution in [0.15, 0.2) is 15.9 Å². The van der Waals surface area contributed by atoms with E-state index in [1.54, 1.807) is 17.9 Å². The van der Waals surface area contributed by atoms with Crippen LogP contribution >= 0.6 is 0 Å². The van der Waals surface area contributed by atoms with Gasteiger partial charge in [0.05, 0.1) is 12.9 Å². The number of aryl methyl sites for hydroxylation is 2. The molecule has 3 heterocycles. The second kappa shape index (κ2) is 10.1. The van der Waals surface area contributed by atoms with Gasteiger partial charge in [-0.05, 0) is 20.3 Å². The number of hydrogen-bond acceptors (Lipinski definition) is 6. The molecule has 32 heavy (non-hydrogen) atoms. The molecule has 0 atom stereocenters. The number of piperazine rings is 1. The predicted molar refractivity (Wildman–Crippen MR) is 120 cm³/mol. The molecule has 0 radical (unpaired) electrons. The third kappa shape index (κ3) is 4.77. The zero-order chi connectivity index (χ0) is 23.4. The van der Waals surface area contributed by atoms with E-state index < -0.39 is 5.69 Å². The van der Waals surface area contributed by atoms with Gasteiger partial charge in [0.1, 0.15) is 0 Å². The third-order valence-electron chi connectivity index (χ3n) is 6.21. The lowest BCUT2D eigenvalue weighted by Crippen LogP contribution is -2.51. The fraction of sp³-hybridized carbons (Fsp3) is 0.667. The molecule has 0 bridgehead atoms. The van der Waals surface area contributed by atoms with E-state index in [1.807, 2.05) is 23.6 Å². The number of imidazole rings is 1. The smallest absolute Gasteiger partial charge is 0.332 e. The molecular formula is C21H33N7O4. The molecule has 1 saturated heterocycles. The normalized spacial score (nSPS) is 14.8. The molecule has 0 aliphatic carbocycles. The Morgan fingerprint density at radius 2 is 1.69 bits per heavy atom. The Bertz CT molecular complexity index is 1090. The van der Waals surface area contributed by atoms with Gasteiger partial charge in [-0.2, -0.15) is 0 Å². The molecule has 1 aliphatic rings. The monoisotopic (exact) mass is 447 g/mol. The van der Waals surface area contributed by atoms with Crippen molar-refractivity contribution in [2.45, 2.75) is 33.2 Å². The van der Waals surface area contributed by atoms with Crippen LogP contribution in [-0.2, 0) is 30.2 Å². The number of carbonyl (C=O) groups excluding carboxylic acids is 2. The highest BCUT2D eigenvalue weighted by molar-refractivity contribution is 5.78. The lowest BCUT2D eigenvalue weighted by atomic mass is 10.2. The summed E-state index contributed by atoms with van der Waals surface area (Å²) in [6, 6.07) is 0. The van der Waals surface area contributed by atoms with Gasteiger partial charge in [-0.15, -0.1) is 0 Å². The van der Waals surface area contributed by atoms with Crippen molar-refractivity contribution >= 4 is 23.0 Å². The number of nitrogens with zero attached hydrogens (tertiary/aromatic N) is 7. The van der Waals surface area contributed by atoms with E-state index in [2.05, 4.69) is 9.88 Å². The van der Waals surface area contributed by atoms with Crippen LogP contribution in [0.1, 0.15) is 26.7 Å². The van der Waals surface area contributed by atoms with E-state index in [9.17, 15) is 19.2 Å². The van der Waals surface area contributed by atoms with E-state index in [1.165, 1.54) is 11.6 Å². The summed E-state index contributed by atoms with van der Waals surface area (Å²) in [5.41, 5.74) is -0.0866. The fourth-order valence-corrected chi connectivity index (χ4v) is 4.15. The first-order chi connectivity index (χ1) is 15.3. The maximum atomic E-state index is 12.6. The van der Waals surface area contributed by atoms with Gasteiger partial charge in [-0.3, -0.25) is 28.4 Å². The molecule has 0 aromatic carbocycles. The summed E-state index contributed by atoms with van der Waals surface area (Å²) in [5, 5.41) is 0. The van der Waals surface area contributed by atoms with E-state index in [-0.39, 0.29) is 17.4 Å². The van der Waals surface area contributed by atoms with Crippen LogP contribution in [0, 0.1) is 0 Å². The van der Waals surface area contributed by atoms with Crippen molar-refractivity contribution in [2.24, 2.45) is 14.1 Å². The van der Waals surface area contributed by atoms with E-state index in [0.29, 0.717) is 76.4 Å². The average Bonchev–Trinajstić information content (AvgIpc) is 3.21. The molecule has 1 fully saturated rings. The summed E-state index contributed by atoms with van der Waals surface area (Å²) in [4.78, 5) is 59.4. The Morgan fingerprint density at radius 3 is 2.31 bits per heavy atom. The molecule has 2 aromatic rings. The maximum Gasteiger partial charge on any atom is 0.332 e. The minimum Gasteiger partial charge on any atom is -0.342 e. The standard InChI is InChI=1S/C21H33N7O4/c1-5-26(6-2)17(30)14-25-10-12-27(13-11-25)16(29)8-7-9-28-15-22-19-18(28)20(31)24(4)21(32)23(19)3/h15H,5-14H2,1-4H3. The second-order valence-corrected chi connectivity index (χ2v) is 8.14. The van der Waals surface area contributed by atoms with Crippen molar-refractivity contribution in [1.82, 2.24) is 33.4 Å². The van der Waals surface area contributed by atoms with Crippen LogP contribution in [0.25, 0.3) is 11.2 Å². The molecule has 11 heteroatoms. The topological polar surface area (TPSA) is 106 Å². The van der Waals surface area contributed by atoms with Gasteiger partial charge in [-0.25, -0.2) is 9.78 Å². The van der Waals surface area contributed by atoms with Crippen molar-refractivity contribution in [1.29, 1.82) is 0 Å². The Kier molecular flexibility index (Phi) is 7.49. The van der Waals surface area contributed by atoms with Gasteiger partial charge < -0.3 is 14.4 Å². The summed E-state index contributed by atoms with van der Waals surface area (Å²) in [5.74, 6) is 0.204. The third-order valence-corrected chi connectivity index (χ3v) is 6.21. The van der Waals surface area contributed by atoms with Gasteiger partial charge in [0, 0.05) is 66.3 Å². The van der Waals surface area contributed by atoms with Gasteiger partial charge in [0.25, 0.3) is 5.56 Å². The summed E-state index contributed by atoms with van der Waals surface area (Å²) in [6.45, 7) is 8.84. The van der Waals surface area contributed by atoms with Gasteiger partial charge >= 0.3 is 5.69 Å². The van der Waals surface area contributed by atoms with Crippen LogP contribution in [0.4, 0.5) is 0 Å². The van der Waals surface area contributed by atoms with Crippen LogP contribution in [0.2, 0.25) is 0 Å². The fourth-order valence-electron chi connectivity index (χ4n) is 4.15. The van der Waals surface area contributed by atoms with E-state index in [0.717, 1.165) is 4.57 Å². The quantitative estimate of drug-likeness (QED) is 0.526. The predicted octanol–water partition coefficient (Wildman–Crippen LogP) is -0.773. The number of amides is 2. The molecule has 0 spiro atoms. The Balaban J connectivity index is 1.51. The number of hydrogen-bond donors (Lipinski definition) is 0. The van der Waals surface area contributed by atoms with Crippen molar-refractivity contribution in [3.63, 3.8) is 0 Å². The zero-order valence-electron chi connectivity index (χ0n) is 19.4. The highest BCUT2D eigenvalue weighted by atomic mass is 16.2. The molecule has 2 aromatic heterocycles. The van der Waals surface area contributed by atoms with E-state index in [4.69, 9.17) is 0 Å². The zero-order valence-corrected chi connectivity index (χ0v) is 19.4. The first kappa shape index (κ1) is 23.7. The first-order valence-corrected chi connectivity index (χ1v) is 11.2. The molecule has 3 rings (SSSR count). The lowest BCUT2D eigenvalue weighted by Gasteiger charge is -2.35. The van der Waals surface area contributed by atoms with Crippen LogP contribution in [-0.4, -0.2) is 91.0 Å². The highest BCUT2D eigenvalue weighted by Gasteiger charge is 2.23. The number of carbonyl (C=O) groups is 2. The lowest BCUT2D eigenvalue weighted by molar-refractivity contribution is -0.135. The minimum absolute atomic E-state index is 0.0736. The van der Waals surface area contributed by atoms with Crippen molar-refractivity contribution < 1.29 is 9.59 Å². The minimum atomic E-state index is -0.416. The number of aromatic nitrogens is 4.